The molecule has 1 aliphatic rings. The van der Waals surface area contributed by atoms with E-state index in [0.29, 0.717) is 13.0 Å². The molecule has 1 fully saturated rings. The van der Waals surface area contributed by atoms with Crippen LogP contribution in [-0.2, 0) is 23.7 Å². The number of carbonyl (C=O) groups excluding carboxylic acids is 2. The SMILES string of the molecule is COC1(OC)COC[C@H](C)[C@@H]1NC(=O)[C@H](CC(C)C)NC(=O)OC(C)(C)C. The van der Waals surface area contributed by atoms with Crippen molar-refractivity contribution in [2.75, 3.05) is 27.4 Å². The van der Waals surface area contributed by atoms with Gasteiger partial charge in [-0.15, -0.1) is 0 Å². The first-order valence-corrected chi connectivity index (χ1v) is 9.42. The molecule has 0 saturated carbocycles. The van der Waals surface area contributed by atoms with E-state index in [1.54, 1.807) is 20.8 Å². The van der Waals surface area contributed by atoms with Gasteiger partial charge in [0.25, 0.3) is 0 Å². The molecule has 1 rings (SSSR count). The largest absolute Gasteiger partial charge is 0.444 e. The molecule has 1 saturated heterocycles. The summed E-state index contributed by atoms with van der Waals surface area (Å²) in [6.07, 6.45) is -0.136. The zero-order valence-electron chi connectivity index (χ0n) is 17.9. The second-order valence-corrected chi connectivity index (χ2v) is 8.53. The Morgan fingerprint density at radius 2 is 1.81 bits per heavy atom. The van der Waals surface area contributed by atoms with E-state index >= 15 is 0 Å². The van der Waals surface area contributed by atoms with Crippen molar-refractivity contribution < 1.29 is 28.5 Å². The summed E-state index contributed by atoms with van der Waals surface area (Å²) in [5, 5.41) is 5.68. The average Bonchev–Trinajstić information content (AvgIpc) is 2.54. The molecule has 2 N–H and O–H groups in total. The number of methoxy groups -OCH3 is 2. The molecule has 3 atom stereocenters. The first-order chi connectivity index (χ1) is 12.4. The van der Waals surface area contributed by atoms with Gasteiger partial charge in [0.05, 0.1) is 12.6 Å². The molecule has 0 unspecified atom stereocenters. The number of alkyl carbamates (subject to hydrolysis) is 1. The summed E-state index contributed by atoms with van der Waals surface area (Å²) in [4.78, 5) is 25.1. The lowest BCUT2D eigenvalue weighted by atomic mass is 9.91. The van der Waals surface area contributed by atoms with E-state index in [1.807, 2.05) is 20.8 Å². The Bertz CT molecular complexity index is 499. The van der Waals surface area contributed by atoms with Crippen molar-refractivity contribution in [3.63, 3.8) is 0 Å². The van der Waals surface area contributed by atoms with E-state index in [0.717, 1.165) is 0 Å². The average molecular weight is 389 g/mol. The van der Waals surface area contributed by atoms with Crippen LogP contribution < -0.4 is 10.6 Å². The Balaban J connectivity index is 2.92. The molecule has 8 nitrogen and oxygen atoms in total. The van der Waals surface area contributed by atoms with Gasteiger partial charge in [0, 0.05) is 20.1 Å². The topological polar surface area (TPSA) is 95.1 Å². The smallest absolute Gasteiger partial charge is 0.408 e. The van der Waals surface area contributed by atoms with Crippen molar-refractivity contribution >= 4 is 12.0 Å². The third kappa shape index (κ3) is 6.93. The van der Waals surface area contributed by atoms with Crippen LogP contribution in [0.1, 0.15) is 48.0 Å². The van der Waals surface area contributed by atoms with Crippen LogP contribution >= 0.6 is 0 Å². The number of amides is 2. The molecule has 2 amide bonds. The molecular formula is C19H36N2O6. The van der Waals surface area contributed by atoms with Crippen LogP contribution in [0, 0.1) is 11.8 Å². The van der Waals surface area contributed by atoms with E-state index in [4.69, 9.17) is 18.9 Å². The van der Waals surface area contributed by atoms with E-state index in [1.165, 1.54) is 14.2 Å². The van der Waals surface area contributed by atoms with Gasteiger partial charge in [-0.25, -0.2) is 4.79 Å². The van der Waals surface area contributed by atoms with Crippen LogP contribution in [0.15, 0.2) is 0 Å². The summed E-state index contributed by atoms with van der Waals surface area (Å²) in [6, 6.07) is -1.13. The van der Waals surface area contributed by atoms with Gasteiger partial charge in [-0.3, -0.25) is 4.79 Å². The Morgan fingerprint density at radius 3 is 2.30 bits per heavy atom. The van der Waals surface area contributed by atoms with Gasteiger partial charge >= 0.3 is 6.09 Å². The van der Waals surface area contributed by atoms with Crippen LogP contribution in [0.4, 0.5) is 4.79 Å². The lowest BCUT2D eigenvalue weighted by Gasteiger charge is -2.45. The summed E-state index contributed by atoms with van der Waals surface area (Å²) in [5.41, 5.74) is -0.639. The number of nitrogens with one attached hydrogen (secondary N) is 2. The summed E-state index contributed by atoms with van der Waals surface area (Å²) in [5.74, 6) is -1.19. The Kier molecular flexibility index (Phi) is 8.50. The molecule has 0 aromatic heterocycles. The lowest BCUT2D eigenvalue weighted by molar-refractivity contribution is -0.279. The van der Waals surface area contributed by atoms with Gasteiger partial charge < -0.3 is 29.6 Å². The van der Waals surface area contributed by atoms with Crippen LogP contribution in [0.3, 0.4) is 0 Å². The van der Waals surface area contributed by atoms with Gasteiger partial charge in [0.15, 0.2) is 0 Å². The Labute approximate surface area is 162 Å². The summed E-state index contributed by atoms with van der Waals surface area (Å²) in [7, 11) is 3.04. The predicted molar refractivity (Wildman–Crippen MR) is 101 cm³/mol. The van der Waals surface area contributed by atoms with E-state index in [2.05, 4.69) is 10.6 Å². The summed E-state index contributed by atoms with van der Waals surface area (Å²) >= 11 is 0. The first-order valence-electron chi connectivity index (χ1n) is 9.42. The maximum atomic E-state index is 13.0. The molecule has 0 spiro atoms. The maximum Gasteiger partial charge on any atom is 0.408 e. The van der Waals surface area contributed by atoms with E-state index in [9.17, 15) is 9.59 Å². The number of hydrogen-bond donors (Lipinski definition) is 2. The summed E-state index contributed by atoms with van der Waals surface area (Å²) in [6.45, 7) is 12.0. The fourth-order valence-corrected chi connectivity index (χ4v) is 3.12. The second kappa shape index (κ2) is 9.71. The van der Waals surface area contributed by atoms with Gasteiger partial charge in [-0.05, 0) is 33.1 Å². The van der Waals surface area contributed by atoms with Gasteiger partial charge in [0.1, 0.15) is 18.2 Å². The number of rotatable bonds is 7. The zero-order valence-corrected chi connectivity index (χ0v) is 17.9. The Hall–Kier alpha value is -1.38. The van der Waals surface area contributed by atoms with Crippen molar-refractivity contribution in [1.29, 1.82) is 0 Å². The fourth-order valence-electron chi connectivity index (χ4n) is 3.12. The van der Waals surface area contributed by atoms with E-state index in [-0.39, 0.29) is 24.3 Å². The lowest BCUT2D eigenvalue weighted by Crippen LogP contribution is -2.65. The van der Waals surface area contributed by atoms with Crippen molar-refractivity contribution in [3.05, 3.63) is 0 Å². The van der Waals surface area contributed by atoms with Crippen LogP contribution in [-0.4, -0.2) is 62.9 Å². The first kappa shape index (κ1) is 23.7. The monoisotopic (exact) mass is 388 g/mol. The van der Waals surface area contributed by atoms with Crippen molar-refractivity contribution in [2.24, 2.45) is 11.8 Å². The standard InChI is InChI=1S/C19H36N2O6/c1-12(2)9-14(20-17(23)27-18(4,5)6)16(22)21-15-13(3)10-26-11-19(15,24-7)25-8/h12-15H,9-11H2,1-8H3,(H,20,23)(H,21,22)/t13-,14-,15-/m0/s1. The van der Waals surface area contributed by atoms with Crippen molar-refractivity contribution in [3.8, 4) is 0 Å². The quantitative estimate of drug-likeness (QED) is 0.648. The minimum absolute atomic E-state index is 0.0242. The number of ether oxygens (including phenoxy) is 4. The van der Waals surface area contributed by atoms with Gasteiger partial charge in [0.2, 0.25) is 11.7 Å². The molecule has 1 aliphatic heterocycles. The Morgan fingerprint density at radius 1 is 1.22 bits per heavy atom. The fraction of sp³-hybridized carbons (Fsp3) is 0.895. The molecule has 27 heavy (non-hydrogen) atoms. The highest BCUT2D eigenvalue weighted by atomic mass is 16.7. The highest BCUT2D eigenvalue weighted by molar-refractivity contribution is 5.86. The van der Waals surface area contributed by atoms with Crippen LogP contribution in [0.2, 0.25) is 0 Å². The van der Waals surface area contributed by atoms with Crippen molar-refractivity contribution in [2.45, 2.75) is 71.4 Å². The molecule has 0 radical (unpaired) electrons. The van der Waals surface area contributed by atoms with Crippen LogP contribution in [0.25, 0.3) is 0 Å². The minimum Gasteiger partial charge on any atom is -0.444 e. The molecule has 158 valence electrons. The van der Waals surface area contributed by atoms with Gasteiger partial charge in [-0.1, -0.05) is 20.8 Å². The number of carbonyl (C=O) groups is 2. The highest BCUT2D eigenvalue weighted by Gasteiger charge is 2.47. The third-order valence-electron chi connectivity index (χ3n) is 4.43. The van der Waals surface area contributed by atoms with Crippen molar-refractivity contribution in [1.82, 2.24) is 10.6 Å². The molecule has 0 aromatic carbocycles. The molecule has 8 heteroatoms. The van der Waals surface area contributed by atoms with Gasteiger partial charge in [-0.2, -0.15) is 0 Å². The maximum absolute atomic E-state index is 13.0. The third-order valence-corrected chi connectivity index (χ3v) is 4.43. The highest BCUT2D eigenvalue weighted by Crippen LogP contribution is 2.28. The molecule has 0 aliphatic carbocycles. The number of hydrogen-bond acceptors (Lipinski definition) is 6. The molecular weight excluding hydrogens is 352 g/mol. The minimum atomic E-state index is -1.07. The normalized spacial score (nSPS) is 23.6. The predicted octanol–water partition coefficient (Wildman–Crippen LogP) is 2.07. The second-order valence-electron chi connectivity index (χ2n) is 8.53. The zero-order chi connectivity index (χ0) is 20.8. The summed E-state index contributed by atoms with van der Waals surface area (Å²) < 4.78 is 21.9. The molecule has 0 bridgehead atoms. The molecule has 0 aromatic rings. The van der Waals surface area contributed by atoms with E-state index < -0.39 is 29.6 Å². The molecule has 1 heterocycles. The van der Waals surface area contributed by atoms with Crippen LogP contribution in [0.5, 0.6) is 0 Å².